The quantitative estimate of drug-likeness (QED) is 0.793. The fourth-order valence-corrected chi connectivity index (χ4v) is 1.70. The number of benzene rings is 1. The summed E-state index contributed by atoms with van der Waals surface area (Å²) in [5, 5.41) is 0. The molecule has 0 aromatic heterocycles. The van der Waals surface area contributed by atoms with Crippen LogP contribution in [0.2, 0.25) is 0 Å². The minimum Gasteiger partial charge on any atom is -0.493 e. The maximum Gasteiger partial charge on any atom is 0.203 e. The van der Waals surface area contributed by atoms with E-state index in [2.05, 4.69) is 0 Å². The van der Waals surface area contributed by atoms with Gasteiger partial charge in [-0.05, 0) is 31.5 Å². The van der Waals surface area contributed by atoms with Gasteiger partial charge in [0.2, 0.25) is 5.75 Å². The molecule has 0 saturated carbocycles. The van der Waals surface area contributed by atoms with Gasteiger partial charge >= 0.3 is 0 Å². The molecule has 114 valence electrons. The van der Waals surface area contributed by atoms with Gasteiger partial charge in [0.15, 0.2) is 11.5 Å². The van der Waals surface area contributed by atoms with E-state index in [4.69, 9.17) is 24.7 Å². The summed E-state index contributed by atoms with van der Waals surface area (Å²) in [5.41, 5.74) is 6.36. The smallest absolute Gasteiger partial charge is 0.203 e. The van der Waals surface area contributed by atoms with Gasteiger partial charge in [0.1, 0.15) is 0 Å². The molecule has 1 rings (SSSR count). The lowest BCUT2D eigenvalue weighted by molar-refractivity contribution is 0.00503. The van der Waals surface area contributed by atoms with Crippen LogP contribution in [0.25, 0.3) is 0 Å². The fourth-order valence-electron chi connectivity index (χ4n) is 1.70. The molecule has 1 aromatic rings. The zero-order valence-electron chi connectivity index (χ0n) is 13.0. The van der Waals surface area contributed by atoms with Crippen molar-refractivity contribution in [3.8, 4) is 17.2 Å². The lowest BCUT2D eigenvalue weighted by Gasteiger charge is -2.23. The number of rotatable bonds is 8. The molecule has 0 amide bonds. The lowest BCUT2D eigenvalue weighted by atomic mass is 10.1. The Morgan fingerprint density at radius 1 is 1.05 bits per heavy atom. The van der Waals surface area contributed by atoms with Crippen molar-refractivity contribution in [3.05, 3.63) is 17.7 Å². The Bertz CT molecular complexity index is 407. The average Bonchev–Trinajstić information content (AvgIpc) is 2.46. The summed E-state index contributed by atoms with van der Waals surface area (Å²) < 4.78 is 21.9. The predicted octanol–water partition coefficient (Wildman–Crippen LogP) is 2.36. The number of ether oxygens (including phenoxy) is 4. The van der Waals surface area contributed by atoms with Gasteiger partial charge in [0.25, 0.3) is 0 Å². The Morgan fingerprint density at radius 3 is 2.00 bits per heavy atom. The summed E-state index contributed by atoms with van der Waals surface area (Å²) in [4.78, 5) is 0. The highest BCUT2D eigenvalue weighted by Gasteiger charge is 2.18. The first-order chi connectivity index (χ1) is 9.47. The Kier molecular flexibility index (Phi) is 6.10. The topological polar surface area (TPSA) is 62.9 Å². The first kappa shape index (κ1) is 16.6. The minimum atomic E-state index is -0.225. The zero-order valence-corrected chi connectivity index (χ0v) is 13.0. The number of hydrogen-bond acceptors (Lipinski definition) is 5. The Hall–Kier alpha value is -1.46. The highest BCUT2D eigenvalue weighted by Crippen LogP contribution is 2.38. The van der Waals surface area contributed by atoms with Crippen molar-refractivity contribution in [1.82, 2.24) is 0 Å². The molecule has 0 aliphatic heterocycles. The molecule has 0 bridgehead atoms. The molecule has 0 saturated heterocycles. The van der Waals surface area contributed by atoms with Crippen LogP contribution in [0.3, 0.4) is 0 Å². The van der Waals surface area contributed by atoms with Gasteiger partial charge < -0.3 is 24.7 Å². The predicted molar refractivity (Wildman–Crippen MR) is 78.6 cm³/mol. The minimum absolute atomic E-state index is 0.225. The van der Waals surface area contributed by atoms with Crippen molar-refractivity contribution in [2.24, 2.45) is 5.73 Å². The van der Waals surface area contributed by atoms with E-state index in [0.29, 0.717) is 30.4 Å². The van der Waals surface area contributed by atoms with Gasteiger partial charge in [-0.15, -0.1) is 0 Å². The van der Waals surface area contributed by atoms with Crippen LogP contribution in [0.15, 0.2) is 12.1 Å². The summed E-state index contributed by atoms with van der Waals surface area (Å²) in [6.45, 7) is 4.96. The van der Waals surface area contributed by atoms with Crippen LogP contribution in [-0.2, 0) is 11.3 Å². The van der Waals surface area contributed by atoms with Gasteiger partial charge in [0, 0.05) is 20.1 Å². The first-order valence-corrected chi connectivity index (χ1v) is 6.60. The van der Waals surface area contributed by atoms with Crippen LogP contribution < -0.4 is 19.9 Å². The fraction of sp³-hybridized carbons (Fsp3) is 0.600. The molecular weight excluding hydrogens is 258 g/mol. The third kappa shape index (κ3) is 4.28. The molecular formula is C15H25NO4. The van der Waals surface area contributed by atoms with Crippen molar-refractivity contribution in [2.75, 3.05) is 27.9 Å². The van der Waals surface area contributed by atoms with Gasteiger partial charge in [-0.3, -0.25) is 0 Å². The Morgan fingerprint density at radius 2 is 1.60 bits per heavy atom. The van der Waals surface area contributed by atoms with Crippen LogP contribution in [0.4, 0.5) is 0 Å². The molecule has 0 aliphatic carbocycles. The van der Waals surface area contributed by atoms with E-state index < -0.39 is 0 Å². The van der Waals surface area contributed by atoms with Crippen molar-refractivity contribution in [3.63, 3.8) is 0 Å². The van der Waals surface area contributed by atoms with E-state index in [1.807, 2.05) is 26.0 Å². The maximum atomic E-state index is 5.82. The second kappa shape index (κ2) is 7.36. The maximum absolute atomic E-state index is 5.82. The van der Waals surface area contributed by atoms with Crippen LogP contribution in [0.5, 0.6) is 17.2 Å². The van der Waals surface area contributed by atoms with Crippen LogP contribution in [0, 0.1) is 0 Å². The largest absolute Gasteiger partial charge is 0.493 e. The monoisotopic (exact) mass is 283 g/mol. The highest BCUT2D eigenvalue weighted by atomic mass is 16.5. The summed E-state index contributed by atoms with van der Waals surface area (Å²) in [6.07, 6.45) is 0.758. The van der Waals surface area contributed by atoms with Gasteiger partial charge in [-0.25, -0.2) is 0 Å². The van der Waals surface area contributed by atoms with Crippen LogP contribution in [0.1, 0.15) is 25.8 Å². The third-order valence-corrected chi connectivity index (χ3v) is 3.26. The second-order valence-corrected chi connectivity index (χ2v) is 5.10. The van der Waals surface area contributed by atoms with E-state index in [9.17, 15) is 0 Å². The normalized spacial score (nSPS) is 11.3. The lowest BCUT2D eigenvalue weighted by Crippen LogP contribution is -2.25. The van der Waals surface area contributed by atoms with Crippen molar-refractivity contribution in [1.29, 1.82) is 0 Å². The number of nitrogens with two attached hydrogens (primary N) is 1. The summed E-state index contributed by atoms with van der Waals surface area (Å²) in [7, 11) is 4.89. The summed E-state index contributed by atoms with van der Waals surface area (Å²) in [5.74, 6) is 1.85. The van der Waals surface area contributed by atoms with E-state index in [0.717, 1.165) is 12.0 Å². The van der Waals surface area contributed by atoms with Crippen molar-refractivity contribution >= 4 is 0 Å². The molecule has 0 unspecified atom stereocenters. The molecule has 0 fully saturated rings. The third-order valence-electron chi connectivity index (χ3n) is 3.26. The molecule has 5 heteroatoms. The van der Waals surface area contributed by atoms with Gasteiger partial charge in [-0.2, -0.15) is 0 Å². The highest BCUT2D eigenvalue weighted by molar-refractivity contribution is 5.53. The van der Waals surface area contributed by atoms with E-state index in [1.165, 1.54) is 0 Å². The molecule has 0 heterocycles. The molecule has 0 radical (unpaired) electrons. The number of methoxy groups -OCH3 is 3. The van der Waals surface area contributed by atoms with Gasteiger partial charge in [-0.1, -0.05) is 0 Å². The molecule has 0 aliphatic rings. The molecule has 0 atom stereocenters. The first-order valence-electron chi connectivity index (χ1n) is 6.60. The average molecular weight is 283 g/mol. The van der Waals surface area contributed by atoms with Gasteiger partial charge in [0.05, 0.1) is 26.4 Å². The van der Waals surface area contributed by atoms with E-state index in [-0.39, 0.29) is 5.60 Å². The van der Waals surface area contributed by atoms with Crippen molar-refractivity contribution < 1.29 is 18.9 Å². The molecule has 5 nitrogen and oxygen atoms in total. The van der Waals surface area contributed by atoms with Crippen molar-refractivity contribution in [2.45, 2.75) is 32.4 Å². The molecule has 20 heavy (non-hydrogen) atoms. The molecule has 0 spiro atoms. The SMILES string of the molecule is COc1cc(CN)cc(OC)c1OCCC(C)(C)OC. The van der Waals surface area contributed by atoms with Crippen LogP contribution >= 0.6 is 0 Å². The Labute approximate surface area is 121 Å². The standard InChI is InChI=1S/C15H25NO4/c1-15(2,19-5)6-7-20-14-12(17-3)8-11(10-16)9-13(14)18-4/h8-9H,6-7,10,16H2,1-5H3. The van der Waals surface area contributed by atoms with Crippen LogP contribution in [-0.4, -0.2) is 33.5 Å². The molecule has 1 aromatic carbocycles. The van der Waals surface area contributed by atoms with E-state index in [1.54, 1.807) is 21.3 Å². The Balaban J connectivity index is 2.87. The zero-order chi connectivity index (χ0) is 15.2. The second-order valence-electron chi connectivity index (χ2n) is 5.10. The van der Waals surface area contributed by atoms with E-state index >= 15 is 0 Å². The number of hydrogen-bond donors (Lipinski definition) is 1. The molecule has 2 N–H and O–H groups in total. The summed E-state index contributed by atoms with van der Waals surface area (Å²) in [6, 6.07) is 3.72. The summed E-state index contributed by atoms with van der Waals surface area (Å²) >= 11 is 0.